The van der Waals surface area contributed by atoms with Crippen molar-refractivity contribution in [1.82, 2.24) is 4.90 Å². The van der Waals surface area contributed by atoms with E-state index in [4.69, 9.17) is 4.74 Å². The Morgan fingerprint density at radius 1 is 1.04 bits per heavy atom. The van der Waals surface area contributed by atoms with Crippen molar-refractivity contribution in [2.24, 2.45) is 0 Å². The van der Waals surface area contributed by atoms with Crippen molar-refractivity contribution in [2.75, 3.05) is 20.2 Å². The summed E-state index contributed by atoms with van der Waals surface area (Å²) in [4.78, 5) is 2.43. The van der Waals surface area contributed by atoms with Crippen LogP contribution in [0.2, 0.25) is 0 Å². The van der Waals surface area contributed by atoms with E-state index < -0.39 is 5.41 Å². The lowest BCUT2D eigenvalue weighted by atomic mass is 9.73. The number of hydrogen-bond donors (Lipinski definition) is 0. The second-order valence-corrected chi connectivity index (χ2v) is 6.16. The summed E-state index contributed by atoms with van der Waals surface area (Å²) in [5.41, 5.74) is 1.93. The van der Waals surface area contributed by atoms with Gasteiger partial charge in [-0.25, -0.2) is 0 Å². The molecular weight excluding hydrogens is 320 g/mol. The lowest BCUT2D eigenvalue weighted by Gasteiger charge is -2.38. The summed E-state index contributed by atoms with van der Waals surface area (Å²) >= 11 is 0. The summed E-state index contributed by atoms with van der Waals surface area (Å²) < 4.78 is 5.48. The van der Waals surface area contributed by atoms with Crippen molar-refractivity contribution in [2.45, 2.75) is 24.8 Å². The quantitative estimate of drug-likeness (QED) is 0.836. The fourth-order valence-electron chi connectivity index (χ4n) is 3.42. The van der Waals surface area contributed by atoms with Gasteiger partial charge >= 0.3 is 0 Å². The van der Waals surface area contributed by atoms with Crippen molar-refractivity contribution in [3.8, 4) is 11.8 Å². The van der Waals surface area contributed by atoms with Crippen LogP contribution in [0.25, 0.3) is 0 Å². The van der Waals surface area contributed by atoms with Gasteiger partial charge in [0.15, 0.2) is 0 Å². The Morgan fingerprint density at radius 3 is 2.29 bits per heavy atom. The third-order valence-electron chi connectivity index (χ3n) is 4.80. The highest BCUT2D eigenvalue weighted by atomic mass is 35.5. The summed E-state index contributed by atoms with van der Waals surface area (Å²) in [7, 11) is 1.68. The Kier molecular flexibility index (Phi) is 6.25. The van der Waals surface area contributed by atoms with Gasteiger partial charge in [0.25, 0.3) is 0 Å². The van der Waals surface area contributed by atoms with Gasteiger partial charge in [0.2, 0.25) is 0 Å². The van der Waals surface area contributed by atoms with E-state index in [1.54, 1.807) is 7.11 Å². The average Bonchev–Trinajstić information content (AvgIpc) is 2.63. The average molecular weight is 343 g/mol. The molecule has 0 unspecified atom stereocenters. The largest absolute Gasteiger partial charge is 0.496 e. The fraction of sp³-hybridized carbons (Fsp3) is 0.350. The molecule has 0 spiro atoms. The summed E-state index contributed by atoms with van der Waals surface area (Å²) in [6, 6.07) is 21.0. The third kappa shape index (κ3) is 3.72. The van der Waals surface area contributed by atoms with E-state index in [1.807, 2.05) is 30.3 Å². The molecule has 1 heterocycles. The highest BCUT2D eigenvalue weighted by Gasteiger charge is 2.38. The first-order valence-electron chi connectivity index (χ1n) is 8.08. The molecule has 0 radical (unpaired) electrons. The van der Waals surface area contributed by atoms with Crippen molar-refractivity contribution >= 4 is 12.4 Å². The van der Waals surface area contributed by atoms with Crippen LogP contribution in [-0.4, -0.2) is 25.1 Å². The third-order valence-corrected chi connectivity index (χ3v) is 4.80. The number of nitrogens with zero attached hydrogens (tertiary/aromatic N) is 2. The second-order valence-electron chi connectivity index (χ2n) is 6.16. The Morgan fingerprint density at radius 2 is 1.67 bits per heavy atom. The summed E-state index contributed by atoms with van der Waals surface area (Å²) in [5.74, 6) is 0.825. The first-order chi connectivity index (χ1) is 11.3. The number of nitriles is 1. The smallest absolute Gasteiger partial charge is 0.123 e. The standard InChI is InChI=1S/C20H22N2O.ClH/c1-23-19-10-6-5-9-18(19)20(16-21)11-13-22(14-12-20)15-17-7-3-2-4-8-17;/h2-10H,11-15H2,1H3;1H. The molecule has 1 saturated heterocycles. The van der Waals surface area contributed by atoms with Crippen LogP contribution in [0, 0.1) is 11.3 Å². The molecule has 0 saturated carbocycles. The molecule has 0 atom stereocenters. The number of para-hydroxylation sites is 1. The monoisotopic (exact) mass is 342 g/mol. The van der Waals surface area contributed by atoms with E-state index in [2.05, 4.69) is 35.2 Å². The van der Waals surface area contributed by atoms with E-state index >= 15 is 0 Å². The van der Waals surface area contributed by atoms with Crippen LogP contribution in [0.3, 0.4) is 0 Å². The maximum atomic E-state index is 9.87. The molecule has 3 nitrogen and oxygen atoms in total. The van der Waals surface area contributed by atoms with Gasteiger partial charge < -0.3 is 4.74 Å². The molecule has 2 aromatic carbocycles. The summed E-state index contributed by atoms with van der Waals surface area (Å²) in [6.45, 7) is 2.81. The molecule has 0 aromatic heterocycles. The Balaban J connectivity index is 0.00000208. The zero-order chi connectivity index (χ0) is 16.1. The lowest BCUT2D eigenvalue weighted by molar-refractivity contribution is 0.177. The molecule has 0 bridgehead atoms. The lowest BCUT2D eigenvalue weighted by Crippen LogP contribution is -2.41. The van der Waals surface area contributed by atoms with Crippen LogP contribution >= 0.6 is 12.4 Å². The van der Waals surface area contributed by atoms with Crippen molar-refractivity contribution in [3.63, 3.8) is 0 Å². The topological polar surface area (TPSA) is 36.3 Å². The number of halogens is 1. The van der Waals surface area contributed by atoms with Crippen molar-refractivity contribution < 1.29 is 4.74 Å². The number of benzene rings is 2. The molecular formula is C20H23ClN2O. The summed E-state index contributed by atoms with van der Waals surface area (Å²) in [5, 5.41) is 9.87. The molecule has 1 fully saturated rings. The van der Waals surface area contributed by atoms with E-state index in [1.165, 1.54) is 5.56 Å². The van der Waals surface area contributed by atoms with Gasteiger partial charge in [-0.1, -0.05) is 48.5 Å². The van der Waals surface area contributed by atoms with Crippen molar-refractivity contribution in [3.05, 3.63) is 65.7 Å². The number of piperidine rings is 1. The molecule has 0 aliphatic carbocycles. The molecule has 126 valence electrons. The number of likely N-dealkylation sites (tertiary alicyclic amines) is 1. The molecule has 0 N–H and O–H groups in total. The van der Waals surface area contributed by atoms with Gasteiger partial charge in [-0.3, -0.25) is 4.90 Å². The van der Waals surface area contributed by atoms with Gasteiger partial charge in [-0.05, 0) is 24.5 Å². The van der Waals surface area contributed by atoms with E-state index in [0.717, 1.165) is 43.8 Å². The van der Waals surface area contributed by atoms with E-state index in [-0.39, 0.29) is 12.4 Å². The minimum Gasteiger partial charge on any atom is -0.496 e. The fourth-order valence-corrected chi connectivity index (χ4v) is 3.42. The van der Waals surface area contributed by atoms with Gasteiger partial charge in [0.1, 0.15) is 5.75 Å². The second kappa shape index (κ2) is 8.19. The highest BCUT2D eigenvalue weighted by molar-refractivity contribution is 5.85. The van der Waals surface area contributed by atoms with Crippen LogP contribution in [0.4, 0.5) is 0 Å². The minimum absolute atomic E-state index is 0. The Labute approximate surface area is 150 Å². The SMILES string of the molecule is COc1ccccc1C1(C#N)CCN(Cc2ccccc2)CC1.Cl. The summed E-state index contributed by atoms with van der Waals surface area (Å²) in [6.07, 6.45) is 1.69. The first-order valence-corrected chi connectivity index (χ1v) is 8.08. The predicted octanol–water partition coefficient (Wildman–Crippen LogP) is 4.17. The van der Waals surface area contributed by atoms with Gasteiger partial charge in [-0.2, -0.15) is 5.26 Å². The number of rotatable bonds is 4. The number of methoxy groups -OCH3 is 1. The van der Waals surface area contributed by atoms with Gasteiger partial charge in [0.05, 0.1) is 18.6 Å². The van der Waals surface area contributed by atoms with Gasteiger partial charge in [0, 0.05) is 25.2 Å². The maximum Gasteiger partial charge on any atom is 0.123 e. The van der Waals surface area contributed by atoms with E-state index in [0.29, 0.717) is 0 Å². The molecule has 1 aliphatic heterocycles. The van der Waals surface area contributed by atoms with Crippen LogP contribution in [0.1, 0.15) is 24.0 Å². The van der Waals surface area contributed by atoms with Crippen LogP contribution in [0.15, 0.2) is 54.6 Å². The zero-order valence-corrected chi connectivity index (χ0v) is 14.8. The zero-order valence-electron chi connectivity index (χ0n) is 13.9. The molecule has 24 heavy (non-hydrogen) atoms. The Bertz CT molecular complexity index is 688. The molecule has 4 heteroatoms. The maximum absolute atomic E-state index is 9.87. The number of ether oxygens (including phenoxy) is 1. The Hall–Kier alpha value is -2.02. The van der Waals surface area contributed by atoms with Crippen molar-refractivity contribution in [1.29, 1.82) is 5.26 Å². The molecule has 0 amide bonds. The highest BCUT2D eigenvalue weighted by Crippen LogP contribution is 2.39. The molecule has 1 aliphatic rings. The van der Waals surface area contributed by atoms with Gasteiger partial charge in [-0.15, -0.1) is 12.4 Å². The van der Waals surface area contributed by atoms with Crippen LogP contribution in [0.5, 0.6) is 5.75 Å². The minimum atomic E-state index is -0.431. The first kappa shape index (κ1) is 18.3. The molecule has 2 aromatic rings. The normalized spacial score (nSPS) is 16.7. The van der Waals surface area contributed by atoms with E-state index in [9.17, 15) is 5.26 Å². The van der Waals surface area contributed by atoms with Crippen LogP contribution < -0.4 is 4.74 Å². The molecule has 3 rings (SSSR count). The number of hydrogen-bond acceptors (Lipinski definition) is 3. The van der Waals surface area contributed by atoms with Crippen LogP contribution in [-0.2, 0) is 12.0 Å². The predicted molar refractivity (Wildman–Crippen MR) is 98.5 cm³/mol.